The molecule has 3 aromatic carbocycles. The molecule has 0 aliphatic carbocycles. The van der Waals surface area contributed by atoms with E-state index in [1.165, 1.54) is 17.6 Å². The lowest BCUT2D eigenvalue weighted by molar-refractivity contribution is -0.120. The van der Waals surface area contributed by atoms with E-state index in [0.29, 0.717) is 29.2 Å². The van der Waals surface area contributed by atoms with E-state index in [-0.39, 0.29) is 12.3 Å². The molecule has 6 nitrogen and oxygen atoms in total. The van der Waals surface area contributed by atoms with E-state index in [1.54, 1.807) is 24.3 Å². The highest BCUT2D eigenvalue weighted by Gasteiger charge is 2.15. The minimum atomic E-state index is -0.463. The van der Waals surface area contributed by atoms with Gasteiger partial charge in [0.1, 0.15) is 0 Å². The minimum absolute atomic E-state index is 0.195. The van der Waals surface area contributed by atoms with Crippen LogP contribution in [0.3, 0.4) is 0 Å². The first-order valence-electron chi connectivity index (χ1n) is 10.4. The molecule has 7 heteroatoms. The van der Waals surface area contributed by atoms with Crippen molar-refractivity contribution in [2.45, 2.75) is 13.3 Å². The highest BCUT2D eigenvalue weighted by molar-refractivity contribution is 7.10. The number of carbonyl (C=O) groups is 2. The zero-order valence-electron chi connectivity index (χ0n) is 18.0. The Kier molecular flexibility index (Phi) is 7.12. The lowest BCUT2D eigenvalue weighted by Crippen LogP contribution is -2.19. The van der Waals surface area contributed by atoms with Gasteiger partial charge >= 0.3 is 5.97 Å². The van der Waals surface area contributed by atoms with Crippen LogP contribution in [0.4, 0.5) is 0 Å². The van der Waals surface area contributed by atoms with E-state index < -0.39 is 5.97 Å². The summed E-state index contributed by atoms with van der Waals surface area (Å²) in [7, 11) is 0. The summed E-state index contributed by atoms with van der Waals surface area (Å²) >= 11 is 1.52. The Morgan fingerprint density at radius 2 is 1.85 bits per heavy atom. The fraction of sp³-hybridized carbons (Fsp3) is 0.115. The van der Waals surface area contributed by atoms with Crippen molar-refractivity contribution in [3.8, 4) is 11.5 Å². The zero-order valence-corrected chi connectivity index (χ0v) is 18.8. The number of hydrazone groups is 1. The molecule has 33 heavy (non-hydrogen) atoms. The largest absolute Gasteiger partial charge is 0.490 e. The van der Waals surface area contributed by atoms with Gasteiger partial charge in [0.2, 0.25) is 5.91 Å². The van der Waals surface area contributed by atoms with Gasteiger partial charge in [-0.1, -0.05) is 42.5 Å². The molecule has 0 atom stereocenters. The number of ether oxygens (including phenoxy) is 2. The standard InChI is InChI=1S/C26H22N2O4S/c1-2-31-24-15-18(17-27-28-25(29)16-20-9-6-14-33-20)12-13-23(24)32-26(30)22-11-5-8-19-7-3-4-10-21(19)22/h3-15,17H,2,16H2,1H3,(H,28,29)/b27-17+. The van der Waals surface area contributed by atoms with Crippen molar-refractivity contribution < 1.29 is 19.1 Å². The summed E-state index contributed by atoms with van der Waals surface area (Å²) in [6.45, 7) is 2.25. The molecule has 0 bridgehead atoms. The Labute approximate surface area is 195 Å². The normalized spacial score (nSPS) is 10.9. The van der Waals surface area contributed by atoms with E-state index >= 15 is 0 Å². The molecule has 0 saturated heterocycles. The van der Waals surface area contributed by atoms with Crippen molar-refractivity contribution in [1.82, 2.24) is 5.43 Å². The second-order valence-electron chi connectivity index (χ2n) is 7.10. The van der Waals surface area contributed by atoms with Crippen LogP contribution in [0.1, 0.15) is 27.7 Å². The molecule has 1 N–H and O–H groups in total. The van der Waals surface area contributed by atoms with E-state index in [9.17, 15) is 9.59 Å². The van der Waals surface area contributed by atoms with Gasteiger partial charge in [-0.15, -0.1) is 11.3 Å². The number of benzene rings is 3. The third kappa shape index (κ3) is 5.64. The summed E-state index contributed by atoms with van der Waals surface area (Å²) in [6, 6.07) is 22.1. The molecule has 4 rings (SSSR count). The molecule has 1 heterocycles. The van der Waals surface area contributed by atoms with Gasteiger partial charge in [-0.2, -0.15) is 5.10 Å². The lowest BCUT2D eigenvalue weighted by atomic mass is 10.0. The number of hydrogen-bond acceptors (Lipinski definition) is 6. The zero-order chi connectivity index (χ0) is 23.0. The fourth-order valence-corrected chi connectivity index (χ4v) is 4.01. The van der Waals surface area contributed by atoms with Crippen LogP contribution >= 0.6 is 11.3 Å². The number of hydrogen-bond donors (Lipinski definition) is 1. The van der Waals surface area contributed by atoms with Crippen LogP contribution in [0.25, 0.3) is 10.8 Å². The summed E-state index contributed by atoms with van der Waals surface area (Å²) in [5, 5.41) is 7.73. The van der Waals surface area contributed by atoms with E-state index in [1.807, 2.05) is 60.8 Å². The maximum absolute atomic E-state index is 12.9. The van der Waals surface area contributed by atoms with E-state index in [2.05, 4.69) is 10.5 Å². The molecule has 0 unspecified atom stereocenters. The monoisotopic (exact) mass is 458 g/mol. The van der Waals surface area contributed by atoms with Gasteiger partial charge in [0.15, 0.2) is 11.5 Å². The predicted molar refractivity (Wildman–Crippen MR) is 130 cm³/mol. The average molecular weight is 459 g/mol. The first kappa shape index (κ1) is 22.2. The SMILES string of the molecule is CCOc1cc(/C=N/NC(=O)Cc2cccs2)ccc1OC(=O)c1cccc2ccccc12. The second kappa shape index (κ2) is 10.6. The molecule has 1 amide bonds. The average Bonchev–Trinajstić information content (AvgIpc) is 3.33. The summed E-state index contributed by atoms with van der Waals surface area (Å²) in [4.78, 5) is 25.8. The Morgan fingerprint density at radius 1 is 1.00 bits per heavy atom. The third-order valence-electron chi connectivity index (χ3n) is 4.80. The first-order chi connectivity index (χ1) is 16.1. The fourth-order valence-electron chi connectivity index (χ4n) is 3.31. The number of carbonyl (C=O) groups excluding carboxylic acids is 2. The predicted octanol–water partition coefficient (Wildman–Crippen LogP) is 5.21. The molecular formula is C26H22N2O4S. The van der Waals surface area contributed by atoms with E-state index in [4.69, 9.17) is 9.47 Å². The van der Waals surface area contributed by atoms with Crippen LogP contribution in [0, 0.1) is 0 Å². The molecule has 0 saturated carbocycles. The maximum atomic E-state index is 12.9. The number of amides is 1. The Morgan fingerprint density at radius 3 is 2.67 bits per heavy atom. The van der Waals surface area contributed by atoms with Gasteiger partial charge < -0.3 is 9.47 Å². The highest BCUT2D eigenvalue weighted by Crippen LogP contribution is 2.30. The molecule has 166 valence electrons. The quantitative estimate of drug-likeness (QED) is 0.170. The van der Waals surface area contributed by atoms with Gasteiger partial charge in [0.25, 0.3) is 0 Å². The number of rotatable bonds is 8. The van der Waals surface area contributed by atoms with Gasteiger partial charge in [-0.3, -0.25) is 4.79 Å². The maximum Gasteiger partial charge on any atom is 0.344 e. The first-order valence-corrected chi connectivity index (χ1v) is 11.3. The molecule has 0 aliphatic rings. The Bertz CT molecular complexity index is 1290. The molecule has 4 aromatic rings. The number of nitrogens with zero attached hydrogens (tertiary/aromatic N) is 1. The number of esters is 1. The van der Waals surface area contributed by atoms with Crippen LogP contribution in [0.15, 0.2) is 83.3 Å². The summed E-state index contributed by atoms with van der Waals surface area (Å²) in [6.07, 6.45) is 1.80. The molecule has 0 radical (unpaired) electrons. The van der Waals surface area contributed by atoms with Crippen molar-refractivity contribution in [3.05, 3.63) is 94.2 Å². The van der Waals surface area contributed by atoms with Crippen LogP contribution in [0.2, 0.25) is 0 Å². The van der Waals surface area contributed by atoms with Crippen molar-refractivity contribution in [2.24, 2.45) is 5.10 Å². The Hall–Kier alpha value is -3.97. The van der Waals surface area contributed by atoms with Crippen molar-refractivity contribution >= 4 is 40.2 Å². The van der Waals surface area contributed by atoms with Gasteiger partial charge in [0.05, 0.1) is 24.8 Å². The van der Waals surface area contributed by atoms with Crippen LogP contribution in [-0.2, 0) is 11.2 Å². The molecule has 0 aliphatic heterocycles. The van der Waals surface area contributed by atoms with Crippen molar-refractivity contribution in [2.75, 3.05) is 6.61 Å². The van der Waals surface area contributed by atoms with Gasteiger partial charge in [-0.05, 0) is 59.0 Å². The molecule has 1 aromatic heterocycles. The molecule has 0 spiro atoms. The van der Waals surface area contributed by atoms with Crippen molar-refractivity contribution in [1.29, 1.82) is 0 Å². The van der Waals surface area contributed by atoms with Crippen molar-refractivity contribution in [3.63, 3.8) is 0 Å². The lowest BCUT2D eigenvalue weighted by Gasteiger charge is -2.12. The summed E-state index contributed by atoms with van der Waals surface area (Å²) in [5.74, 6) is 0.0722. The number of nitrogens with one attached hydrogen (secondary N) is 1. The Balaban J connectivity index is 1.47. The smallest absolute Gasteiger partial charge is 0.344 e. The van der Waals surface area contributed by atoms with E-state index in [0.717, 1.165) is 15.6 Å². The van der Waals surface area contributed by atoms with Crippen LogP contribution in [-0.4, -0.2) is 24.7 Å². The van der Waals surface area contributed by atoms with Gasteiger partial charge in [0, 0.05) is 4.88 Å². The number of thiophene rings is 1. The van der Waals surface area contributed by atoms with Crippen LogP contribution in [0.5, 0.6) is 11.5 Å². The second-order valence-corrected chi connectivity index (χ2v) is 8.14. The minimum Gasteiger partial charge on any atom is -0.490 e. The third-order valence-corrected chi connectivity index (χ3v) is 5.67. The highest BCUT2D eigenvalue weighted by atomic mass is 32.1. The molecular weight excluding hydrogens is 436 g/mol. The summed E-state index contributed by atoms with van der Waals surface area (Å²) < 4.78 is 11.3. The topological polar surface area (TPSA) is 77.0 Å². The van der Waals surface area contributed by atoms with Gasteiger partial charge in [-0.25, -0.2) is 10.2 Å². The van der Waals surface area contributed by atoms with Crippen LogP contribution < -0.4 is 14.9 Å². The molecule has 0 fully saturated rings. The summed E-state index contributed by atoms with van der Waals surface area (Å²) in [5.41, 5.74) is 3.69. The number of fused-ring (bicyclic) bond motifs is 1.